The fraction of sp³-hybridized carbons (Fsp3) is 0.333. The number of thiophene rings is 1. The van der Waals surface area contributed by atoms with Crippen molar-refractivity contribution in [2.24, 2.45) is 35.5 Å². The van der Waals surface area contributed by atoms with Crippen LogP contribution in [0.2, 0.25) is 10.0 Å². The summed E-state index contributed by atoms with van der Waals surface area (Å²) in [7, 11) is 0. The highest BCUT2D eigenvalue weighted by Gasteiger charge is 2.68. The van der Waals surface area contributed by atoms with Gasteiger partial charge in [-0.25, -0.2) is 5.01 Å². The number of nitrogens with zero attached hydrogens (tertiary/aromatic N) is 2. The van der Waals surface area contributed by atoms with Gasteiger partial charge in [0.15, 0.2) is 5.78 Å². The zero-order chi connectivity index (χ0) is 23.0. The first-order valence-corrected chi connectivity index (χ1v) is 12.4. The molecule has 168 valence electrons. The maximum Gasteiger partial charge on any atom is 0.274 e. The van der Waals surface area contributed by atoms with Gasteiger partial charge >= 0.3 is 0 Å². The lowest BCUT2D eigenvalue weighted by molar-refractivity contribution is -0.154. The van der Waals surface area contributed by atoms with Crippen LogP contribution in [0.5, 0.6) is 0 Å². The Balaban J connectivity index is 1.39. The maximum absolute atomic E-state index is 13.6. The Morgan fingerprint density at radius 1 is 1.03 bits per heavy atom. The van der Waals surface area contributed by atoms with E-state index in [0.29, 0.717) is 21.7 Å². The molecule has 2 heterocycles. The van der Waals surface area contributed by atoms with Gasteiger partial charge in [0.05, 0.1) is 27.3 Å². The molecule has 4 aliphatic carbocycles. The molecule has 1 aromatic carbocycles. The molecule has 6 nitrogen and oxygen atoms in total. The van der Waals surface area contributed by atoms with Crippen LogP contribution in [0, 0.1) is 35.5 Å². The van der Waals surface area contributed by atoms with Crippen LogP contribution in [0.25, 0.3) is 0 Å². The van der Waals surface area contributed by atoms with Crippen LogP contribution in [-0.4, -0.2) is 40.1 Å². The number of hydrogen-bond acceptors (Lipinski definition) is 5. The Morgan fingerprint density at radius 3 is 2.27 bits per heavy atom. The SMILES string of the molecule is O=C(CN(C(=O)c1ccc(Cl)cc1Cl)N1C(=O)[C@@H]2[C@H]3C=C[C@@H]([C@@H]4C[C@@H]34)[C@H]2C1=O)c1cccs1. The summed E-state index contributed by atoms with van der Waals surface area (Å²) in [6.45, 7) is -0.440. The van der Waals surface area contributed by atoms with Gasteiger partial charge in [-0.2, -0.15) is 5.01 Å². The highest BCUT2D eigenvalue weighted by molar-refractivity contribution is 7.12. The van der Waals surface area contributed by atoms with E-state index in [0.717, 1.165) is 16.4 Å². The second-order valence-corrected chi connectivity index (χ2v) is 10.8. The molecule has 3 amide bonds. The second kappa shape index (κ2) is 7.52. The summed E-state index contributed by atoms with van der Waals surface area (Å²) in [4.78, 5) is 54.2. The lowest BCUT2D eigenvalue weighted by atomic mass is 9.63. The summed E-state index contributed by atoms with van der Waals surface area (Å²) in [5, 5.41) is 4.09. The first-order valence-electron chi connectivity index (χ1n) is 10.8. The van der Waals surface area contributed by atoms with Crippen LogP contribution in [0.1, 0.15) is 26.5 Å². The first-order chi connectivity index (χ1) is 15.9. The number of Topliss-reactive ketones (excluding diaryl/α,β-unsaturated/α-hetero) is 1. The summed E-state index contributed by atoms with van der Waals surface area (Å²) in [5.74, 6) is -1.95. The lowest BCUT2D eigenvalue weighted by Crippen LogP contribution is -2.52. The van der Waals surface area contributed by atoms with Crippen LogP contribution in [0.15, 0.2) is 47.9 Å². The molecule has 1 aromatic heterocycles. The molecule has 2 saturated carbocycles. The third kappa shape index (κ3) is 3.13. The number of carbonyl (C=O) groups is 4. The third-order valence-corrected chi connectivity index (χ3v) is 8.83. The van der Waals surface area contributed by atoms with E-state index < -0.39 is 36.1 Å². The molecule has 7 rings (SSSR count). The fourth-order valence-electron chi connectivity index (χ4n) is 5.87. The standard InChI is InChI=1S/C24H18Cl2N2O4S/c25-11-3-4-14(17(26)8-11)22(30)27(10-18(29)19-2-1-7-33-19)28-23(31)20-12-5-6-13(16-9-15(12)16)21(20)24(28)32/h1-8,12-13,15-16,20-21H,9-10H2/t12-,13-,15-,16-,20+,21+/m0/s1. The monoisotopic (exact) mass is 500 g/mol. The summed E-state index contributed by atoms with van der Waals surface area (Å²) in [5.41, 5.74) is 0.0689. The van der Waals surface area contributed by atoms with Gasteiger partial charge in [0.25, 0.3) is 17.7 Å². The van der Waals surface area contributed by atoms with E-state index in [1.807, 2.05) is 0 Å². The molecule has 0 N–H and O–H groups in total. The molecule has 9 heteroatoms. The molecular weight excluding hydrogens is 483 g/mol. The van der Waals surface area contributed by atoms with Crippen LogP contribution < -0.4 is 0 Å². The number of halogens is 2. The van der Waals surface area contributed by atoms with E-state index in [-0.39, 0.29) is 28.2 Å². The van der Waals surface area contributed by atoms with Gasteiger partial charge in [-0.1, -0.05) is 41.4 Å². The van der Waals surface area contributed by atoms with Crippen molar-refractivity contribution in [3.63, 3.8) is 0 Å². The van der Waals surface area contributed by atoms with Crippen molar-refractivity contribution < 1.29 is 19.2 Å². The molecule has 1 aliphatic heterocycles. The van der Waals surface area contributed by atoms with Gasteiger partial charge in [0, 0.05) is 5.02 Å². The second-order valence-electron chi connectivity index (χ2n) is 9.03. The average molecular weight is 501 g/mol. The summed E-state index contributed by atoms with van der Waals surface area (Å²) >= 11 is 13.5. The predicted molar refractivity (Wildman–Crippen MR) is 123 cm³/mol. The van der Waals surface area contributed by atoms with Crippen molar-refractivity contribution in [2.45, 2.75) is 6.42 Å². The van der Waals surface area contributed by atoms with E-state index in [2.05, 4.69) is 12.2 Å². The smallest absolute Gasteiger partial charge is 0.274 e. The zero-order valence-corrected chi connectivity index (χ0v) is 19.5. The number of allylic oxidation sites excluding steroid dienone is 2. The van der Waals surface area contributed by atoms with Gasteiger partial charge in [-0.15, -0.1) is 11.3 Å². The van der Waals surface area contributed by atoms with Gasteiger partial charge in [0.1, 0.15) is 6.54 Å². The number of ketones is 1. The minimum atomic E-state index is -0.688. The number of amides is 3. The van der Waals surface area contributed by atoms with Gasteiger partial charge in [-0.3, -0.25) is 19.2 Å². The number of rotatable bonds is 5. The van der Waals surface area contributed by atoms with E-state index in [1.54, 1.807) is 17.5 Å². The zero-order valence-electron chi connectivity index (χ0n) is 17.2. The number of imide groups is 1. The number of hydrazine groups is 1. The van der Waals surface area contributed by atoms with Crippen molar-refractivity contribution in [1.29, 1.82) is 0 Å². The van der Waals surface area contributed by atoms with E-state index >= 15 is 0 Å². The lowest BCUT2D eigenvalue weighted by Gasteiger charge is -2.37. The topological polar surface area (TPSA) is 74.8 Å². The summed E-state index contributed by atoms with van der Waals surface area (Å²) in [6.07, 6.45) is 5.16. The number of benzene rings is 1. The minimum Gasteiger partial charge on any atom is -0.291 e. The Labute approximate surface area is 203 Å². The molecular formula is C24H18Cl2N2O4S. The molecule has 2 bridgehead atoms. The van der Waals surface area contributed by atoms with E-state index in [1.165, 1.54) is 29.5 Å². The maximum atomic E-state index is 13.6. The van der Waals surface area contributed by atoms with Crippen molar-refractivity contribution in [2.75, 3.05) is 6.54 Å². The van der Waals surface area contributed by atoms with Crippen LogP contribution in [0.4, 0.5) is 0 Å². The minimum absolute atomic E-state index is 0.00974. The number of carbonyl (C=O) groups excluding carboxylic acids is 4. The van der Waals surface area contributed by atoms with Crippen molar-refractivity contribution >= 4 is 58.0 Å². The highest BCUT2D eigenvalue weighted by atomic mass is 35.5. The molecule has 33 heavy (non-hydrogen) atoms. The molecule has 1 saturated heterocycles. The van der Waals surface area contributed by atoms with Crippen LogP contribution >= 0.6 is 34.5 Å². The Bertz CT molecular complexity index is 1210. The molecule has 3 fully saturated rings. The normalized spacial score (nSPS) is 30.9. The van der Waals surface area contributed by atoms with Crippen molar-refractivity contribution in [3.05, 3.63) is 68.3 Å². The molecule has 0 unspecified atom stereocenters. The third-order valence-electron chi connectivity index (χ3n) is 7.37. The summed E-state index contributed by atoms with van der Waals surface area (Å²) in [6, 6.07) is 7.74. The van der Waals surface area contributed by atoms with Gasteiger partial charge < -0.3 is 0 Å². The van der Waals surface area contributed by atoms with E-state index in [9.17, 15) is 19.2 Å². The average Bonchev–Trinajstić information content (AvgIpc) is 3.36. The van der Waals surface area contributed by atoms with Crippen LogP contribution in [-0.2, 0) is 9.59 Å². The summed E-state index contributed by atoms with van der Waals surface area (Å²) < 4.78 is 0. The van der Waals surface area contributed by atoms with Gasteiger partial charge in [0.2, 0.25) is 0 Å². The Morgan fingerprint density at radius 2 is 1.70 bits per heavy atom. The largest absolute Gasteiger partial charge is 0.291 e. The Hall–Kier alpha value is -2.48. The number of hydrogen-bond donors (Lipinski definition) is 0. The van der Waals surface area contributed by atoms with E-state index in [4.69, 9.17) is 23.2 Å². The highest BCUT2D eigenvalue weighted by Crippen LogP contribution is 2.65. The van der Waals surface area contributed by atoms with Crippen molar-refractivity contribution in [3.8, 4) is 0 Å². The molecule has 5 aliphatic rings. The molecule has 0 radical (unpaired) electrons. The van der Waals surface area contributed by atoms with Crippen molar-refractivity contribution in [1.82, 2.24) is 10.0 Å². The molecule has 6 atom stereocenters. The fourth-order valence-corrected chi connectivity index (χ4v) is 7.01. The quantitative estimate of drug-likeness (QED) is 0.347. The van der Waals surface area contributed by atoms with Gasteiger partial charge in [-0.05, 0) is 59.7 Å². The predicted octanol–water partition coefficient (Wildman–Crippen LogP) is 4.35. The Kier molecular flexibility index (Phi) is 4.80. The van der Waals surface area contributed by atoms with Crippen LogP contribution in [0.3, 0.4) is 0 Å². The first kappa shape index (κ1) is 21.1. The molecule has 0 spiro atoms. The molecule has 2 aromatic rings.